The van der Waals surface area contributed by atoms with E-state index in [1.54, 1.807) is 0 Å². The van der Waals surface area contributed by atoms with Crippen LogP contribution in [-0.2, 0) is 0 Å². The molecule has 1 saturated heterocycles. The van der Waals surface area contributed by atoms with Crippen LogP contribution < -0.4 is 4.90 Å². The molecule has 1 aromatic carbocycles. The molecule has 0 amide bonds. The average molecular weight is 226 g/mol. The summed E-state index contributed by atoms with van der Waals surface area (Å²) in [6.45, 7) is 4.59. The van der Waals surface area contributed by atoms with Gasteiger partial charge in [-0.15, -0.1) is 0 Å². The molecule has 1 aromatic heterocycles. The van der Waals surface area contributed by atoms with E-state index >= 15 is 0 Å². The first kappa shape index (κ1) is 10.6. The predicted octanol–water partition coefficient (Wildman–Crippen LogP) is 3.53. The minimum atomic E-state index is 1.10. The minimum Gasteiger partial charge on any atom is -0.371 e. The summed E-state index contributed by atoms with van der Waals surface area (Å²) in [5.74, 6) is 0. The summed E-state index contributed by atoms with van der Waals surface area (Å²) in [5, 5.41) is 1.25. The third-order valence-electron chi connectivity index (χ3n) is 3.62. The number of hydrogen-bond donors (Lipinski definition) is 0. The molecular formula is C15H18N2. The van der Waals surface area contributed by atoms with Crippen LogP contribution >= 0.6 is 0 Å². The number of pyridine rings is 1. The fraction of sp³-hybridized carbons (Fsp3) is 0.400. The van der Waals surface area contributed by atoms with E-state index in [1.807, 2.05) is 12.3 Å². The zero-order valence-corrected chi connectivity index (χ0v) is 10.3. The molecule has 1 fully saturated rings. The van der Waals surface area contributed by atoms with Gasteiger partial charge in [-0.05, 0) is 49.9 Å². The Labute approximate surface area is 102 Å². The number of anilines is 1. The molecule has 0 atom stereocenters. The Morgan fingerprint density at radius 2 is 1.94 bits per heavy atom. The lowest BCUT2D eigenvalue weighted by molar-refractivity contribution is 0.577. The number of hydrogen-bond acceptors (Lipinski definition) is 2. The lowest BCUT2D eigenvalue weighted by Gasteiger charge is -2.30. The van der Waals surface area contributed by atoms with Crippen molar-refractivity contribution in [1.82, 2.24) is 4.98 Å². The smallest absolute Gasteiger partial charge is 0.0706 e. The summed E-state index contributed by atoms with van der Waals surface area (Å²) in [6, 6.07) is 8.66. The van der Waals surface area contributed by atoms with Crippen molar-refractivity contribution >= 4 is 16.6 Å². The summed E-state index contributed by atoms with van der Waals surface area (Å²) in [5.41, 5.74) is 3.84. The van der Waals surface area contributed by atoms with Crippen LogP contribution in [0.15, 0.2) is 30.5 Å². The number of piperidine rings is 1. The second-order valence-electron chi connectivity index (χ2n) is 4.88. The number of aryl methyl sites for hydroxylation is 1. The van der Waals surface area contributed by atoms with Crippen molar-refractivity contribution in [1.29, 1.82) is 0 Å². The summed E-state index contributed by atoms with van der Waals surface area (Å²) in [4.78, 5) is 6.93. The first-order chi connectivity index (χ1) is 8.34. The summed E-state index contributed by atoms with van der Waals surface area (Å²) < 4.78 is 0. The van der Waals surface area contributed by atoms with Gasteiger partial charge in [-0.2, -0.15) is 0 Å². The van der Waals surface area contributed by atoms with Crippen LogP contribution in [-0.4, -0.2) is 18.1 Å². The number of nitrogens with zero attached hydrogens (tertiary/aromatic N) is 2. The molecule has 2 heterocycles. The SMILES string of the molecule is Cc1cc2ncccc2cc1N1CCCCC1. The third-order valence-corrected chi connectivity index (χ3v) is 3.62. The first-order valence-electron chi connectivity index (χ1n) is 6.45. The van der Waals surface area contributed by atoms with E-state index in [9.17, 15) is 0 Å². The maximum atomic E-state index is 4.41. The lowest BCUT2D eigenvalue weighted by atomic mass is 10.1. The van der Waals surface area contributed by atoms with Crippen molar-refractivity contribution in [3.8, 4) is 0 Å². The maximum Gasteiger partial charge on any atom is 0.0706 e. The van der Waals surface area contributed by atoms with Crippen molar-refractivity contribution in [2.24, 2.45) is 0 Å². The highest BCUT2D eigenvalue weighted by molar-refractivity contribution is 5.84. The lowest BCUT2D eigenvalue weighted by Crippen LogP contribution is -2.29. The third kappa shape index (κ3) is 1.99. The highest BCUT2D eigenvalue weighted by atomic mass is 15.1. The normalized spacial score (nSPS) is 16.4. The van der Waals surface area contributed by atoms with Crippen LogP contribution in [0, 0.1) is 6.92 Å². The molecule has 1 aliphatic heterocycles. The standard InChI is InChI=1S/C15H18N2/c1-12-10-14-13(6-5-7-16-14)11-15(12)17-8-3-2-4-9-17/h5-7,10-11H,2-4,8-9H2,1H3. The van der Waals surface area contributed by atoms with E-state index in [-0.39, 0.29) is 0 Å². The van der Waals surface area contributed by atoms with Gasteiger partial charge in [-0.25, -0.2) is 0 Å². The zero-order valence-electron chi connectivity index (χ0n) is 10.3. The van der Waals surface area contributed by atoms with E-state index in [4.69, 9.17) is 0 Å². The van der Waals surface area contributed by atoms with Crippen molar-refractivity contribution in [2.45, 2.75) is 26.2 Å². The molecule has 0 N–H and O–H groups in total. The average Bonchev–Trinajstić information content (AvgIpc) is 2.39. The molecule has 2 nitrogen and oxygen atoms in total. The van der Waals surface area contributed by atoms with Gasteiger partial charge in [0.25, 0.3) is 0 Å². The van der Waals surface area contributed by atoms with Crippen LogP contribution in [0.25, 0.3) is 10.9 Å². The van der Waals surface area contributed by atoms with Crippen LogP contribution in [0.2, 0.25) is 0 Å². The number of benzene rings is 1. The molecule has 88 valence electrons. The summed E-state index contributed by atoms with van der Waals surface area (Å²) >= 11 is 0. The van der Waals surface area contributed by atoms with Gasteiger partial charge in [0.15, 0.2) is 0 Å². The number of rotatable bonds is 1. The predicted molar refractivity (Wildman–Crippen MR) is 72.5 cm³/mol. The van der Waals surface area contributed by atoms with Gasteiger partial charge in [-0.3, -0.25) is 4.98 Å². The second-order valence-corrected chi connectivity index (χ2v) is 4.88. The highest BCUT2D eigenvalue weighted by Gasteiger charge is 2.13. The van der Waals surface area contributed by atoms with Gasteiger partial charge in [0.2, 0.25) is 0 Å². The molecule has 0 saturated carbocycles. The topological polar surface area (TPSA) is 16.1 Å². The number of fused-ring (bicyclic) bond motifs is 1. The molecule has 1 aliphatic rings. The molecule has 0 aliphatic carbocycles. The molecule has 3 rings (SSSR count). The Morgan fingerprint density at radius 3 is 2.76 bits per heavy atom. The fourth-order valence-electron chi connectivity index (χ4n) is 2.69. The van der Waals surface area contributed by atoms with E-state index in [2.05, 4.69) is 35.0 Å². The Kier molecular flexibility index (Phi) is 2.71. The van der Waals surface area contributed by atoms with Crippen molar-refractivity contribution in [2.75, 3.05) is 18.0 Å². The molecule has 2 heteroatoms. The van der Waals surface area contributed by atoms with E-state index in [0.717, 1.165) is 5.52 Å². The van der Waals surface area contributed by atoms with Gasteiger partial charge >= 0.3 is 0 Å². The Morgan fingerprint density at radius 1 is 1.12 bits per heavy atom. The Balaban J connectivity index is 2.06. The Bertz CT molecular complexity index is 527. The Hall–Kier alpha value is -1.57. The fourth-order valence-corrected chi connectivity index (χ4v) is 2.69. The monoisotopic (exact) mass is 226 g/mol. The van der Waals surface area contributed by atoms with Crippen molar-refractivity contribution in [3.63, 3.8) is 0 Å². The van der Waals surface area contributed by atoms with Gasteiger partial charge in [-0.1, -0.05) is 6.07 Å². The van der Waals surface area contributed by atoms with E-state index < -0.39 is 0 Å². The van der Waals surface area contributed by atoms with E-state index in [1.165, 1.54) is 49.0 Å². The van der Waals surface area contributed by atoms with Crippen LogP contribution in [0.1, 0.15) is 24.8 Å². The largest absolute Gasteiger partial charge is 0.371 e. The summed E-state index contributed by atoms with van der Waals surface area (Å²) in [6.07, 6.45) is 5.89. The zero-order chi connectivity index (χ0) is 11.7. The molecular weight excluding hydrogens is 208 g/mol. The molecule has 0 unspecified atom stereocenters. The van der Waals surface area contributed by atoms with Gasteiger partial charge in [0, 0.05) is 30.4 Å². The van der Waals surface area contributed by atoms with Gasteiger partial charge in [0.05, 0.1) is 5.52 Å². The molecule has 17 heavy (non-hydrogen) atoms. The minimum absolute atomic E-state index is 1.10. The second kappa shape index (κ2) is 4.36. The number of aromatic nitrogens is 1. The van der Waals surface area contributed by atoms with E-state index in [0.29, 0.717) is 0 Å². The molecule has 0 bridgehead atoms. The maximum absolute atomic E-state index is 4.41. The van der Waals surface area contributed by atoms with Gasteiger partial charge in [0.1, 0.15) is 0 Å². The molecule has 0 radical (unpaired) electrons. The van der Waals surface area contributed by atoms with Gasteiger partial charge < -0.3 is 4.90 Å². The van der Waals surface area contributed by atoms with Crippen LogP contribution in [0.5, 0.6) is 0 Å². The van der Waals surface area contributed by atoms with Crippen molar-refractivity contribution in [3.05, 3.63) is 36.0 Å². The molecule has 0 spiro atoms. The highest BCUT2D eigenvalue weighted by Crippen LogP contribution is 2.27. The quantitative estimate of drug-likeness (QED) is 0.739. The molecule has 2 aromatic rings. The summed E-state index contributed by atoms with van der Waals surface area (Å²) in [7, 11) is 0. The van der Waals surface area contributed by atoms with Crippen molar-refractivity contribution < 1.29 is 0 Å². The van der Waals surface area contributed by atoms with Crippen LogP contribution in [0.4, 0.5) is 5.69 Å². The van der Waals surface area contributed by atoms with Crippen LogP contribution in [0.3, 0.4) is 0 Å². The first-order valence-corrected chi connectivity index (χ1v) is 6.45.